The number of aryl methyl sites for hydroxylation is 1. The maximum absolute atomic E-state index is 12.7. The van der Waals surface area contributed by atoms with E-state index in [1.54, 1.807) is 19.2 Å². The molecule has 3 rings (SSSR count). The predicted molar refractivity (Wildman–Crippen MR) is 106 cm³/mol. The number of nitrogens with zero attached hydrogens (tertiary/aromatic N) is 4. The number of benzene rings is 1. The molecule has 1 aromatic carbocycles. The largest absolute Gasteiger partial charge is 0.383 e. The molecule has 0 unspecified atom stereocenters. The third kappa shape index (κ3) is 4.54. The molecule has 0 atom stereocenters. The lowest BCUT2D eigenvalue weighted by atomic mass is 10.1. The lowest BCUT2D eigenvalue weighted by molar-refractivity contribution is 0.0739. The number of anilines is 2. The molecule has 1 N–H and O–H groups in total. The third-order valence-electron chi connectivity index (χ3n) is 4.98. The molecule has 1 aliphatic heterocycles. The fraction of sp³-hybridized carbons (Fsp3) is 0.450. The molecule has 0 bridgehead atoms. The number of aromatic nitrogens is 2. The van der Waals surface area contributed by atoms with Crippen molar-refractivity contribution in [2.75, 3.05) is 56.7 Å². The van der Waals surface area contributed by atoms with E-state index in [9.17, 15) is 4.79 Å². The van der Waals surface area contributed by atoms with Crippen molar-refractivity contribution in [2.45, 2.75) is 13.8 Å². The van der Waals surface area contributed by atoms with Crippen molar-refractivity contribution in [3.05, 3.63) is 47.2 Å². The standard InChI is InChI=1S/C20H27N5O2/c1-15-5-4-6-18(16(15)2)24-10-12-25(13-11-24)20(26)17-7-8-19(23-22-17)21-9-14-27-3/h4-8H,9-14H2,1-3H3,(H,21,23). The molecule has 1 fully saturated rings. The van der Waals surface area contributed by atoms with Crippen LogP contribution in [0.1, 0.15) is 21.6 Å². The SMILES string of the molecule is COCCNc1ccc(C(=O)N2CCN(c3cccc(C)c3C)CC2)nn1. The van der Waals surface area contributed by atoms with E-state index >= 15 is 0 Å². The number of hydrogen-bond acceptors (Lipinski definition) is 6. The lowest BCUT2D eigenvalue weighted by Gasteiger charge is -2.36. The second-order valence-electron chi connectivity index (χ2n) is 6.72. The van der Waals surface area contributed by atoms with Crippen molar-refractivity contribution in [3.63, 3.8) is 0 Å². The first-order chi connectivity index (χ1) is 13.1. The Hall–Kier alpha value is -2.67. The van der Waals surface area contributed by atoms with Crippen molar-refractivity contribution in [1.82, 2.24) is 15.1 Å². The van der Waals surface area contributed by atoms with Crippen molar-refractivity contribution in [1.29, 1.82) is 0 Å². The highest BCUT2D eigenvalue weighted by molar-refractivity contribution is 5.92. The molecule has 0 radical (unpaired) electrons. The van der Waals surface area contributed by atoms with Gasteiger partial charge in [0.2, 0.25) is 0 Å². The summed E-state index contributed by atoms with van der Waals surface area (Å²) in [6.07, 6.45) is 0. The highest BCUT2D eigenvalue weighted by Gasteiger charge is 2.24. The van der Waals surface area contributed by atoms with Crippen LogP contribution < -0.4 is 10.2 Å². The van der Waals surface area contributed by atoms with E-state index < -0.39 is 0 Å². The Balaban J connectivity index is 1.57. The Labute approximate surface area is 160 Å². The van der Waals surface area contributed by atoms with Crippen LogP contribution in [0, 0.1) is 13.8 Å². The molecule has 1 aliphatic rings. The monoisotopic (exact) mass is 369 g/mol. The van der Waals surface area contributed by atoms with E-state index in [1.807, 2.05) is 4.90 Å². The summed E-state index contributed by atoms with van der Waals surface area (Å²) in [6, 6.07) is 9.88. The van der Waals surface area contributed by atoms with Gasteiger partial charge in [0.05, 0.1) is 6.61 Å². The fourth-order valence-electron chi connectivity index (χ4n) is 3.21. The van der Waals surface area contributed by atoms with Gasteiger partial charge in [-0.2, -0.15) is 0 Å². The summed E-state index contributed by atoms with van der Waals surface area (Å²) in [5.74, 6) is 0.579. The minimum atomic E-state index is -0.0634. The zero-order valence-electron chi connectivity index (χ0n) is 16.2. The summed E-state index contributed by atoms with van der Waals surface area (Å²) in [7, 11) is 1.65. The van der Waals surface area contributed by atoms with Gasteiger partial charge in [-0.25, -0.2) is 0 Å². The van der Waals surface area contributed by atoms with Crippen molar-refractivity contribution in [3.8, 4) is 0 Å². The highest BCUT2D eigenvalue weighted by atomic mass is 16.5. The number of nitrogens with one attached hydrogen (secondary N) is 1. The average Bonchev–Trinajstić information content (AvgIpc) is 2.70. The van der Waals surface area contributed by atoms with Gasteiger partial charge in [0.15, 0.2) is 5.69 Å². The second kappa shape index (κ2) is 8.81. The van der Waals surface area contributed by atoms with Crippen molar-refractivity contribution >= 4 is 17.4 Å². The molecule has 2 aromatic rings. The molecule has 0 aliphatic carbocycles. The molecule has 1 amide bonds. The molecule has 7 nitrogen and oxygen atoms in total. The minimum Gasteiger partial charge on any atom is -0.383 e. The second-order valence-corrected chi connectivity index (χ2v) is 6.72. The number of rotatable bonds is 6. The summed E-state index contributed by atoms with van der Waals surface area (Å²) in [5.41, 5.74) is 4.24. The first kappa shape index (κ1) is 19.1. The fourth-order valence-corrected chi connectivity index (χ4v) is 3.21. The van der Waals surface area contributed by atoms with Crippen LogP contribution in [0.5, 0.6) is 0 Å². The zero-order valence-corrected chi connectivity index (χ0v) is 16.2. The van der Waals surface area contributed by atoms with E-state index in [2.05, 4.69) is 52.5 Å². The van der Waals surface area contributed by atoms with Crippen LogP contribution >= 0.6 is 0 Å². The Morgan fingerprint density at radius 2 is 1.89 bits per heavy atom. The number of carbonyl (C=O) groups is 1. The number of carbonyl (C=O) groups excluding carboxylic acids is 1. The summed E-state index contributed by atoms with van der Waals surface area (Å²) in [5, 5.41) is 11.2. The van der Waals surface area contributed by atoms with Gasteiger partial charge < -0.3 is 19.9 Å². The average molecular weight is 369 g/mol. The Morgan fingerprint density at radius 1 is 1.11 bits per heavy atom. The van der Waals surface area contributed by atoms with Gasteiger partial charge in [0, 0.05) is 45.5 Å². The molecule has 1 aromatic heterocycles. The number of ether oxygens (including phenoxy) is 1. The topological polar surface area (TPSA) is 70.6 Å². The van der Waals surface area contributed by atoms with Gasteiger partial charge in [0.25, 0.3) is 5.91 Å². The molecule has 27 heavy (non-hydrogen) atoms. The summed E-state index contributed by atoms with van der Waals surface area (Å²) in [4.78, 5) is 16.9. The van der Waals surface area contributed by atoms with Gasteiger partial charge in [-0.05, 0) is 43.2 Å². The summed E-state index contributed by atoms with van der Waals surface area (Å²) >= 11 is 0. The highest BCUT2D eigenvalue weighted by Crippen LogP contribution is 2.24. The Bertz CT molecular complexity index is 770. The molecule has 7 heteroatoms. The third-order valence-corrected chi connectivity index (χ3v) is 4.98. The zero-order chi connectivity index (χ0) is 19.2. The molecular weight excluding hydrogens is 342 g/mol. The number of piperazine rings is 1. The number of hydrogen-bond donors (Lipinski definition) is 1. The van der Waals surface area contributed by atoms with Crippen LogP contribution in [-0.4, -0.2) is 67.4 Å². The molecule has 1 saturated heterocycles. The quantitative estimate of drug-likeness (QED) is 0.787. The van der Waals surface area contributed by atoms with Crippen LogP contribution in [0.25, 0.3) is 0 Å². The van der Waals surface area contributed by atoms with Crippen LogP contribution in [0.15, 0.2) is 30.3 Å². The van der Waals surface area contributed by atoms with E-state index in [1.165, 1.54) is 16.8 Å². The normalized spacial score (nSPS) is 14.3. The first-order valence-corrected chi connectivity index (χ1v) is 9.27. The van der Waals surface area contributed by atoms with Gasteiger partial charge in [-0.15, -0.1) is 10.2 Å². The van der Waals surface area contributed by atoms with Gasteiger partial charge in [-0.3, -0.25) is 4.79 Å². The van der Waals surface area contributed by atoms with Crippen LogP contribution in [-0.2, 0) is 4.74 Å². The van der Waals surface area contributed by atoms with Gasteiger partial charge >= 0.3 is 0 Å². The van der Waals surface area contributed by atoms with Crippen LogP contribution in [0.3, 0.4) is 0 Å². The van der Waals surface area contributed by atoms with E-state index in [-0.39, 0.29) is 5.91 Å². The van der Waals surface area contributed by atoms with E-state index in [4.69, 9.17) is 4.74 Å². The maximum atomic E-state index is 12.7. The number of amides is 1. The molecular formula is C20H27N5O2. The molecule has 144 valence electrons. The predicted octanol–water partition coefficient (Wildman–Crippen LogP) is 2.11. The minimum absolute atomic E-state index is 0.0634. The van der Waals surface area contributed by atoms with E-state index in [0.717, 1.165) is 13.1 Å². The molecule has 0 spiro atoms. The van der Waals surface area contributed by atoms with Crippen LogP contribution in [0.2, 0.25) is 0 Å². The van der Waals surface area contributed by atoms with Gasteiger partial charge in [0.1, 0.15) is 5.82 Å². The number of methoxy groups -OCH3 is 1. The van der Waals surface area contributed by atoms with Crippen molar-refractivity contribution in [2.24, 2.45) is 0 Å². The van der Waals surface area contributed by atoms with Gasteiger partial charge in [-0.1, -0.05) is 12.1 Å². The summed E-state index contributed by atoms with van der Waals surface area (Å²) < 4.78 is 4.98. The van der Waals surface area contributed by atoms with Crippen LogP contribution in [0.4, 0.5) is 11.5 Å². The maximum Gasteiger partial charge on any atom is 0.274 e. The molecule has 2 heterocycles. The van der Waals surface area contributed by atoms with E-state index in [0.29, 0.717) is 37.8 Å². The Kier molecular flexibility index (Phi) is 6.24. The lowest BCUT2D eigenvalue weighted by Crippen LogP contribution is -2.49. The Morgan fingerprint density at radius 3 is 2.56 bits per heavy atom. The molecule has 0 saturated carbocycles. The van der Waals surface area contributed by atoms with Crippen molar-refractivity contribution < 1.29 is 9.53 Å². The first-order valence-electron chi connectivity index (χ1n) is 9.27. The smallest absolute Gasteiger partial charge is 0.274 e. The summed E-state index contributed by atoms with van der Waals surface area (Å²) in [6.45, 7) is 8.53.